The fourth-order valence-corrected chi connectivity index (χ4v) is 4.65. The van der Waals surface area contributed by atoms with E-state index >= 15 is 0 Å². The molecule has 25 heavy (non-hydrogen) atoms. The van der Waals surface area contributed by atoms with Gasteiger partial charge in [-0.15, -0.1) is 0 Å². The van der Waals surface area contributed by atoms with Gasteiger partial charge in [-0.05, 0) is 43.9 Å². The van der Waals surface area contributed by atoms with Crippen molar-refractivity contribution in [3.63, 3.8) is 0 Å². The summed E-state index contributed by atoms with van der Waals surface area (Å²) in [6.45, 7) is 6.82. The smallest absolute Gasteiger partial charge is 0.239 e. The quantitative estimate of drug-likeness (QED) is 0.794. The number of anilines is 1. The highest BCUT2D eigenvalue weighted by molar-refractivity contribution is 8.14. The van der Waals surface area contributed by atoms with Crippen LogP contribution in [0.5, 0.6) is 0 Å². The van der Waals surface area contributed by atoms with Crippen LogP contribution >= 0.6 is 23.1 Å². The Morgan fingerprint density at radius 1 is 1.40 bits per heavy atom. The van der Waals surface area contributed by atoms with Crippen molar-refractivity contribution in [1.82, 2.24) is 4.98 Å². The zero-order chi connectivity index (χ0) is 18.0. The molecule has 1 aromatic carbocycles. The molecule has 1 aromatic heterocycles. The molecular weight excluding hydrogens is 356 g/mol. The van der Waals surface area contributed by atoms with Gasteiger partial charge in [0.2, 0.25) is 5.91 Å². The lowest BCUT2D eigenvalue weighted by Gasteiger charge is -2.22. The summed E-state index contributed by atoms with van der Waals surface area (Å²) >= 11 is 2.56. The number of fused-ring (bicyclic) bond motifs is 1. The van der Waals surface area contributed by atoms with Gasteiger partial charge < -0.3 is 4.74 Å². The summed E-state index contributed by atoms with van der Waals surface area (Å²) in [6.07, 6.45) is 2.01. The number of hydrogen-bond acceptors (Lipinski definition) is 6. The Bertz CT molecular complexity index is 797. The lowest BCUT2D eigenvalue weighted by Crippen LogP contribution is -2.38. The molecule has 1 atom stereocenters. The predicted octanol–water partition coefficient (Wildman–Crippen LogP) is 3.70. The van der Waals surface area contributed by atoms with Crippen LogP contribution < -0.4 is 4.90 Å². The van der Waals surface area contributed by atoms with Crippen molar-refractivity contribution in [2.24, 2.45) is 0 Å². The van der Waals surface area contributed by atoms with Crippen molar-refractivity contribution in [1.29, 1.82) is 0 Å². The van der Waals surface area contributed by atoms with Crippen LogP contribution in [0.1, 0.15) is 30.9 Å². The van der Waals surface area contributed by atoms with Crippen molar-refractivity contribution in [3.05, 3.63) is 23.3 Å². The van der Waals surface area contributed by atoms with Gasteiger partial charge in [0, 0.05) is 13.5 Å². The molecule has 1 fully saturated rings. The number of aromatic nitrogens is 1. The van der Waals surface area contributed by atoms with E-state index < -0.39 is 0 Å². The summed E-state index contributed by atoms with van der Waals surface area (Å²) < 4.78 is 6.79. The number of carbonyl (C=O) groups is 2. The molecule has 3 rings (SSSR count). The van der Waals surface area contributed by atoms with E-state index in [4.69, 9.17) is 9.72 Å². The zero-order valence-corrected chi connectivity index (χ0v) is 16.3. The summed E-state index contributed by atoms with van der Waals surface area (Å²) in [7, 11) is 0. The maximum Gasteiger partial charge on any atom is 0.239 e. The lowest BCUT2D eigenvalue weighted by molar-refractivity contribution is -0.117. The van der Waals surface area contributed by atoms with E-state index in [0.29, 0.717) is 11.7 Å². The second kappa shape index (κ2) is 7.85. The Morgan fingerprint density at radius 2 is 2.20 bits per heavy atom. The SMILES string of the molecule is CC(=O)SCC(=O)N(CC1CCCO1)c1nc2c(C)cc(C)cc2s1. The van der Waals surface area contributed by atoms with Crippen LogP contribution in [0, 0.1) is 13.8 Å². The number of amides is 1. The summed E-state index contributed by atoms with van der Waals surface area (Å²) in [5.41, 5.74) is 3.24. The van der Waals surface area contributed by atoms with E-state index in [-0.39, 0.29) is 22.9 Å². The van der Waals surface area contributed by atoms with Crippen LogP contribution in [0.15, 0.2) is 12.1 Å². The van der Waals surface area contributed by atoms with Gasteiger partial charge in [-0.2, -0.15) is 0 Å². The standard InChI is InChI=1S/C18H22N2O3S2/c1-11-7-12(2)17-15(8-11)25-18(19-17)20(9-14-5-4-6-23-14)16(22)10-24-13(3)21/h7-8,14H,4-6,9-10H2,1-3H3. The molecule has 2 heterocycles. The van der Waals surface area contributed by atoms with Gasteiger partial charge >= 0.3 is 0 Å². The Kier molecular flexibility index (Phi) is 5.76. The van der Waals surface area contributed by atoms with Crippen LogP contribution in [0.2, 0.25) is 0 Å². The van der Waals surface area contributed by atoms with E-state index in [1.54, 1.807) is 4.90 Å². The highest BCUT2D eigenvalue weighted by Gasteiger charge is 2.26. The number of nitrogens with zero attached hydrogens (tertiary/aromatic N) is 2. The number of thioether (sulfide) groups is 1. The Morgan fingerprint density at radius 3 is 2.88 bits per heavy atom. The number of hydrogen-bond donors (Lipinski definition) is 0. The molecular formula is C18H22N2O3S2. The van der Waals surface area contributed by atoms with Crippen molar-refractivity contribution >= 4 is 49.5 Å². The average molecular weight is 379 g/mol. The first-order chi connectivity index (χ1) is 11.9. The first-order valence-corrected chi connectivity index (χ1v) is 10.2. The molecule has 5 nitrogen and oxygen atoms in total. The number of rotatable bonds is 5. The van der Waals surface area contributed by atoms with E-state index in [1.165, 1.54) is 23.8 Å². The largest absolute Gasteiger partial charge is 0.376 e. The molecule has 1 unspecified atom stereocenters. The number of thiazole rings is 1. The molecule has 1 aliphatic heterocycles. The highest BCUT2D eigenvalue weighted by atomic mass is 32.2. The molecule has 0 bridgehead atoms. The van der Waals surface area contributed by atoms with Crippen molar-refractivity contribution in [2.45, 2.75) is 39.7 Å². The van der Waals surface area contributed by atoms with Gasteiger partial charge in [0.1, 0.15) is 0 Å². The molecule has 0 radical (unpaired) electrons. The number of carbonyl (C=O) groups excluding carboxylic acids is 2. The maximum absolute atomic E-state index is 12.7. The molecule has 1 amide bonds. The lowest BCUT2D eigenvalue weighted by atomic mass is 10.1. The Hall–Kier alpha value is -1.44. The first kappa shape index (κ1) is 18.4. The van der Waals surface area contributed by atoms with Crippen LogP contribution in [-0.4, -0.2) is 41.0 Å². The van der Waals surface area contributed by atoms with Crippen LogP contribution in [0.3, 0.4) is 0 Å². The van der Waals surface area contributed by atoms with Crippen molar-refractivity contribution < 1.29 is 14.3 Å². The van der Waals surface area contributed by atoms with Crippen molar-refractivity contribution in [3.8, 4) is 0 Å². The van der Waals surface area contributed by atoms with E-state index in [0.717, 1.165) is 47.0 Å². The third kappa shape index (κ3) is 4.40. The van der Waals surface area contributed by atoms with Crippen LogP contribution in [0.4, 0.5) is 5.13 Å². The molecule has 0 N–H and O–H groups in total. The fraction of sp³-hybridized carbons (Fsp3) is 0.500. The van der Waals surface area contributed by atoms with Crippen LogP contribution in [-0.2, 0) is 14.3 Å². The zero-order valence-electron chi connectivity index (χ0n) is 14.7. The molecule has 134 valence electrons. The Labute approximate surface area is 155 Å². The van der Waals surface area contributed by atoms with E-state index in [9.17, 15) is 9.59 Å². The summed E-state index contributed by atoms with van der Waals surface area (Å²) in [5.74, 6) is 0.0415. The van der Waals surface area contributed by atoms with Gasteiger partial charge in [-0.1, -0.05) is 29.2 Å². The molecule has 1 saturated heterocycles. The second-order valence-electron chi connectivity index (χ2n) is 6.34. The molecule has 0 spiro atoms. The molecule has 2 aromatic rings. The minimum atomic E-state index is -0.0934. The van der Waals surface area contributed by atoms with Gasteiger partial charge in [0.15, 0.2) is 10.2 Å². The molecule has 7 heteroatoms. The van der Waals surface area contributed by atoms with E-state index in [1.807, 2.05) is 6.92 Å². The molecule has 1 aliphatic rings. The summed E-state index contributed by atoms with van der Waals surface area (Å²) in [5, 5.41) is 0.634. The predicted molar refractivity (Wildman–Crippen MR) is 104 cm³/mol. The van der Waals surface area contributed by atoms with Gasteiger partial charge in [-0.25, -0.2) is 4.98 Å². The highest BCUT2D eigenvalue weighted by Crippen LogP contribution is 2.32. The number of benzene rings is 1. The topological polar surface area (TPSA) is 59.5 Å². The molecule has 0 aliphatic carbocycles. The minimum Gasteiger partial charge on any atom is -0.376 e. The third-order valence-corrected chi connectivity index (χ3v) is 5.98. The second-order valence-corrected chi connectivity index (χ2v) is 8.51. The van der Waals surface area contributed by atoms with Gasteiger partial charge in [0.25, 0.3) is 0 Å². The Balaban J connectivity index is 1.90. The summed E-state index contributed by atoms with van der Waals surface area (Å²) in [4.78, 5) is 30.4. The summed E-state index contributed by atoms with van der Waals surface area (Å²) in [6, 6.07) is 4.20. The number of aryl methyl sites for hydroxylation is 2. The average Bonchev–Trinajstić information content (AvgIpc) is 3.19. The monoisotopic (exact) mass is 378 g/mol. The van der Waals surface area contributed by atoms with Crippen LogP contribution in [0.25, 0.3) is 10.2 Å². The third-order valence-electron chi connectivity index (χ3n) is 4.16. The van der Waals surface area contributed by atoms with Crippen molar-refractivity contribution in [2.75, 3.05) is 23.8 Å². The minimum absolute atomic E-state index is 0.0427. The van der Waals surface area contributed by atoms with Gasteiger partial charge in [0.05, 0.1) is 28.6 Å². The normalized spacial score (nSPS) is 17.2. The number of ether oxygens (including phenoxy) is 1. The first-order valence-electron chi connectivity index (χ1n) is 8.37. The maximum atomic E-state index is 12.7. The van der Waals surface area contributed by atoms with Gasteiger partial charge in [-0.3, -0.25) is 14.5 Å². The molecule has 0 saturated carbocycles. The van der Waals surface area contributed by atoms with E-state index in [2.05, 4.69) is 19.1 Å². The fourth-order valence-electron chi connectivity index (χ4n) is 2.99.